The van der Waals surface area contributed by atoms with E-state index in [1.165, 1.54) is 36.6 Å². The van der Waals surface area contributed by atoms with Crippen molar-refractivity contribution in [2.24, 2.45) is 0 Å². The zero-order chi connectivity index (χ0) is 24.0. The van der Waals surface area contributed by atoms with Crippen molar-refractivity contribution in [1.82, 2.24) is 5.32 Å². The second-order valence-electron chi connectivity index (χ2n) is 6.56. The Kier molecular flexibility index (Phi) is 7.78. The summed E-state index contributed by atoms with van der Waals surface area (Å²) in [6.45, 7) is -1.36. The summed E-state index contributed by atoms with van der Waals surface area (Å²) in [5.41, 5.74) is 0.595. The summed E-state index contributed by atoms with van der Waals surface area (Å²) < 4.78 is 40.0. The average Bonchev–Trinajstić information content (AvgIpc) is 3.21. The van der Waals surface area contributed by atoms with Gasteiger partial charge in [0.05, 0.1) is 20.3 Å². The highest BCUT2D eigenvalue weighted by molar-refractivity contribution is 7.20. The number of carbonyl (C=O) groups excluding carboxylic acids is 3. The molecule has 11 heteroatoms. The molecule has 0 fully saturated rings. The number of methoxy groups -OCH3 is 1. The minimum Gasteiger partial charge on any atom is -0.493 e. The first-order valence-electron chi connectivity index (χ1n) is 9.72. The summed E-state index contributed by atoms with van der Waals surface area (Å²) >= 11 is 1.29. The number of carbonyl (C=O) groups is 3. The summed E-state index contributed by atoms with van der Waals surface area (Å²) in [7, 11) is 1.25. The third kappa shape index (κ3) is 6.16. The van der Waals surface area contributed by atoms with Crippen molar-refractivity contribution >= 4 is 44.9 Å². The zero-order valence-corrected chi connectivity index (χ0v) is 18.5. The van der Waals surface area contributed by atoms with E-state index in [-0.39, 0.29) is 30.2 Å². The second-order valence-corrected chi connectivity index (χ2v) is 7.64. The number of anilines is 1. The molecule has 0 aliphatic heterocycles. The Hall–Kier alpha value is -3.73. The van der Waals surface area contributed by atoms with Gasteiger partial charge in [0.25, 0.3) is 5.91 Å². The number of alkyl halides is 2. The summed E-state index contributed by atoms with van der Waals surface area (Å²) in [6.07, 6.45) is 0. The fraction of sp³-hybridized carbons (Fsp3) is 0.227. The topological polar surface area (TPSA) is 103 Å². The largest absolute Gasteiger partial charge is 0.493 e. The lowest BCUT2D eigenvalue weighted by Crippen LogP contribution is -2.32. The highest BCUT2D eigenvalue weighted by Crippen LogP contribution is 2.30. The number of benzene rings is 2. The highest BCUT2D eigenvalue weighted by Gasteiger charge is 2.15. The maximum absolute atomic E-state index is 12.4. The van der Waals surface area contributed by atoms with Crippen LogP contribution in [0, 0.1) is 0 Å². The average molecular weight is 478 g/mol. The Morgan fingerprint density at radius 1 is 1.06 bits per heavy atom. The van der Waals surface area contributed by atoms with Crippen LogP contribution in [0.5, 0.6) is 11.5 Å². The normalized spacial score (nSPS) is 10.7. The first-order valence-corrected chi connectivity index (χ1v) is 10.5. The summed E-state index contributed by atoms with van der Waals surface area (Å²) in [6, 6.07) is 10.5. The molecule has 1 heterocycles. The van der Waals surface area contributed by atoms with Gasteiger partial charge in [0.15, 0.2) is 11.5 Å². The molecule has 0 aliphatic rings. The number of thiophene rings is 1. The van der Waals surface area contributed by atoms with Crippen molar-refractivity contribution < 1.29 is 37.4 Å². The Morgan fingerprint density at radius 2 is 1.85 bits per heavy atom. The fourth-order valence-corrected chi connectivity index (χ4v) is 3.83. The van der Waals surface area contributed by atoms with Gasteiger partial charge in [-0.25, -0.2) is 4.79 Å². The molecular weight excluding hydrogens is 458 g/mol. The quantitative estimate of drug-likeness (QED) is 0.450. The van der Waals surface area contributed by atoms with E-state index >= 15 is 0 Å². The van der Waals surface area contributed by atoms with Crippen molar-refractivity contribution in [3.05, 3.63) is 52.9 Å². The van der Waals surface area contributed by atoms with Crippen LogP contribution in [0.1, 0.15) is 27.0 Å². The van der Waals surface area contributed by atoms with Crippen LogP contribution < -0.4 is 20.1 Å². The van der Waals surface area contributed by atoms with Crippen molar-refractivity contribution in [3.63, 3.8) is 0 Å². The van der Waals surface area contributed by atoms with E-state index in [0.717, 1.165) is 10.1 Å². The third-order valence-corrected chi connectivity index (χ3v) is 5.42. The number of hydrogen-bond acceptors (Lipinski definition) is 7. The predicted molar refractivity (Wildman–Crippen MR) is 118 cm³/mol. The SMILES string of the molecule is CCOC(=O)c1cc2cc(NC(=O)CNC(=O)c3ccc(OC(F)F)c(OC)c3)ccc2s1. The highest BCUT2D eigenvalue weighted by atomic mass is 32.1. The number of ether oxygens (including phenoxy) is 3. The van der Waals surface area contributed by atoms with Gasteiger partial charge in [-0.05, 0) is 54.8 Å². The number of esters is 1. The molecular formula is C22H20F2N2O6S. The van der Waals surface area contributed by atoms with Crippen molar-refractivity contribution in [3.8, 4) is 11.5 Å². The molecule has 8 nitrogen and oxygen atoms in total. The van der Waals surface area contributed by atoms with Gasteiger partial charge in [-0.2, -0.15) is 8.78 Å². The maximum Gasteiger partial charge on any atom is 0.387 e. The van der Waals surface area contributed by atoms with Crippen molar-refractivity contribution in [2.75, 3.05) is 25.6 Å². The number of fused-ring (bicyclic) bond motifs is 1. The van der Waals surface area contributed by atoms with Crippen molar-refractivity contribution in [2.45, 2.75) is 13.5 Å². The fourth-order valence-electron chi connectivity index (χ4n) is 2.89. The van der Waals surface area contributed by atoms with E-state index in [1.54, 1.807) is 31.2 Å². The third-order valence-electron chi connectivity index (χ3n) is 4.33. The number of rotatable bonds is 9. The molecule has 0 atom stereocenters. The van der Waals surface area contributed by atoms with Crippen LogP contribution in [0.4, 0.5) is 14.5 Å². The Labute approximate surface area is 191 Å². The Morgan fingerprint density at radius 3 is 2.55 bits per heavy atom. The standard InChI is InChI=1S/C22H20F2N2O6S/c1-3-31-21(29)18-10-13-8-14(5-7-17(13)33-18)26-19(27)11-25-20(28)12-4-6-15(32-22(23)24)16(9-12)30-2/h4-10,22H,3,11H2,1-2H3,(H,25,28)(H,26,27). The van der Waals surface area contributed by atoms with Crippen LogP contribution in [0.2, 0.25) is 0 Å². The van der Waals surface area contributed by atoms with Crippen LogP contribution in [0.3, 0.4) is 0 Å². The molecule has 0 saturated heterocycles. The lowest BCUT2D eigenvalue weighted by molar-refractivity contribution is -0.115. The molecule has 0 unspecified atom stereocenters. The lowest BCUT2D eigenvalue weighted by atomic mass is 10.2. The zero-order valence-electron chi connectivity index (χ0n) is 17.6. The monoisotopic (exact) mass is 478 g/mol. The minimum atomic E-state index is -3.03. The van der Waals surface area contributed by atoms with E-state index in [1.807, 2.05) is 0 Å². The van der Waals surface area contributed by atoms with Crippen LogP contribution in [0.25, 0.3) is 10.1 Å². The number of hydrogen-bond donors (Lipinski definition) is 2. The van der Waals surface area contributed by atoms with Gasteiger partial charge in [-0.3, -0.25) is 9.59 Å². The Balaban J connectivity index is 1.60. The number of nitrogens with one attached hydrogen (secondary N) is 2. The van der Waals surface area contributed by atoms with Gasteiger partial charge >= 0.3 is 12.6 Å². The van der Waals surface area contributed by atoms with E-state index in [4.69, 9.17) is 9.47 Å². The molecule has 0 saturated carbocycles. The molecule has 3 rings (SSSR count). The van der Waals surface area contributed by atoms with Gasteiger partial charge in [-0.1, -0.05) is 0 Å². The molecule has 2 N–H and O–H groups in total. The van der Waals surface area contributed by atoms with Gasteiger partial charge in [0.1, 0.15) is 4.88 Å². The van der Waals surface area contributed by atoms with Gasteiger partial charge in [0, 0.05) is 16.0 Å². The molecule has 3 aromatic rings. The van der Waals surface area contributed by atoms with E-state index in [0.29, 0.717) is 10.6 Å². The molecule has 0 bridgehead atoms. The smallest absolute Gasteiger partial charge is 0.387 e. The molecule has 1 aromatic heterocycles. The minimum absolute atomic E-state index is 0.0429. The van der Waals surface area contributed by atoms with Crippen LogP contribution in [-0.2, 0) is 9.53 Å². The summed E-state index contributed by atoms with van der Waals surface area (Å²) in [5.74, 6) is -1.74. The molecule has 174 valence electrons. The molecule has 2 aromatic carbocycles. The first kappa shape index (κ1) is 23.9. The van der Waals surface area contributed by atoms with Crippen LogP contribution in [0.15, 0.2) is 42.5 Å². The summed E-state index contributed by atoms with van der Waals surface area (Å²) in [4.78, 5) is 36.9. The lowest BCUT2D eigenvalue weighted by Gasteiger charge is -2.11. The van der Waals surface area contributed by atoms with Gasteiger partial charge in [-0.15, -0.1) is 11.3 Å². The molecule has 33 heavy (non-hydrogen) atoms. The first-order chi connectivity index (χ1) is 15.8. The molecule has 0 aliphatic carbocycles. The van der Waals surface area contributed by atoms with Crippen LogP contribution >= 0.6 is 11.3 Å². The van der Waals surface area contributed by atoms with Crippen LogP contribution in [-0.4, -0.2) is 44.7 Å². The molecule has 0 spiro atoms. The Bertz CT molecular complexity index is 1180. The maximum atomic E-state index is 12.4. The molecule has 2 amide bonds. The predicted octanol–water partition coefficient (Wildman–Crippen LogP) is 4.06. The van der Waals surface area contributed by atoms with E-state index < -0.39 is 24.4 Å². The number of amides is 2. The van der Waals surface area contributed by atoms with E-state index in [9.17, 15) is 23.2 Å². The second kappa shape index (κ2) is 10.7. The van der Waals surface area contributed by atoms with Gasteiger partial charge < -0.3 is 24.8 Å². The molecule has 0 radical (unpaired) electrons. The summed E-state index contributed by atoms with van der Waals surface area (Å²) in [5, 5.41) is 5.88. The number of halogens is 2. The van der Waals surface area contributed by atoms with E-state index in [2.05, 4.69) is 15.4 Å². The van der Waals surface area contributed by atoms with Gasteiger partial charge in [0.2, 0.25) is 5.91 Å². The van der Waals surface area contributed by atoms with Crippen molar-refractivity contribution in [1.29, 1.82) is 0 Å².